The third-order valence-electron chi connectivity index (χ3n) is 10.6. The van der Waals surface area contributed by atoms with Crippen LogP contribution >= 0.6 is 0 Å². The van der Waals surface area contributed by atoms with E-state index >= 15 is 8.78 Å². The van der Waals surface area contributed by atoms with E-state index in [1.54, 1.807) is 12.0 Å². The Morgan fingerprint density at radius 3 is 2.22 bits per heavy atom. The number of hydrogen-bond donors (Lipinski definition) is 6. The molecule has 6 N–H and O–H groups in total. The summed E-state index contributed by atoms with van der Waals surface area (Å²) in [6, 6.07) is 0. The third kappa shape index (κ3) is 10.7. The Hall–Kier alpha value is -1.03. The fourth-order valence-corrected chi connectivity index (χ4v) is 7.42. The van der Waals surface area contributed by atoms with E-state index in [0.717, 1.165) is 64.9 Å². The number of carbonyl (C=O) groups excluding carboxylic acids is 1. The molecule has 0 aromatic carbocycles. The first kappa shape index (κ1) is 36.8. The van der Waals surface area contributed by atoms with Gasteiger partial charge in [0, 0.05) is 90.6 Å². The molecule has 0 radical (unpaired) electrons. The van der Waals surface area contributed by atoms with Gasteiger partial charge in [-0.25, -0.2) is 8.78 Å². The molecule has 1 amide bonds. The minimum absolute atomic E-state index is 0.129. The quantitative estimate of drug-likeness (QED) is 0.124. The van der Waals surface area contributed by atoms with Crippen LogP contribution in [0.25, 0.3) is 0 Å². The van der Waals surface area contributed by atoms with Crippen LogP contribution < -0.4 is 16.0 Å². The van der Waals surface area contributed by atoms with E-state index in [0.29, 0.717) is 38.1 Å². The summed E-state index contributed by atoms with van der Waals surface area (Å²) in [5.74, 6) is 0.182. The van der Waals surface area contributed by atoms with E-state index in [2.05, 4.69) is 20.9 Å². The number of carbonyl (C=O) groups is 1. The number of halogens is 2. The molecule has 3 heterocycles. The summed E-state index contributed by atoms with van der Waals surface area (Å²) in [6.07, 6.45) is 2.14. The number of aliphatic hydroxyl groups excluding tert-OH is 3. The summed E-state index contributed by atoms with van der Waals surface area (Å²) < 4.78 is 41.4. The zero-order valence-corrected chi connectivity index (χ0v) is 27.2. The molecular weight excluding hydrogens is 588 g/mol. The van der Waals surface area contributed by atoms with Gasteiger partial charge in [-0.2, -0.15) is 0 Å². The van der Waals surface area contributed by atoms with E-state index in [1.165, 1.54) is 0 Å². The van der Waals surface area contributed by atoms with Gasteiger partial charge in [0.2, 0.25) is 5.91 Å². The molecule has 13 heteroatoms. The minimum Gasteiger partial charge on any atom is -0.396 e. The number of hydrogen-bond acceptors (Lipinski definition) is 10. The summed E-state index contributed by atoms with van der Waals surface area (Å²) in [4.78, 5) is 17.1. The molecule has 4 fully saturated rings. The highest BCUT2D eigenvalue weighted by Crippen LogP contribution is 2.35. The number of nitrogens with one attached hydrogen (secondary N) is 3. The highest BCUT2D eigenvalue weighted by molar-refractivity contribution is 5.77. The molecule has 0 aromatic rings. The van der Waals surface area contributed by atoms with Crippen LogP contribution in [0.15, 0.2) is 0 Å². The number of amides is 1. The van der Waals surface area contributed by atoms with Crippen molar-refractivity contribution in [3.63, 3.8) is 0 Å². The number of aliphatic hydroxyl groups is 3. The molecule has 4 aliphatic rings. The fraction of sp³-hybridized carbons (Fsp3) is 0.969. The Labute approximate surface area is 267 Å². The van der Waals surface area contributed by atoms with E-state index in [-0.39, 0.29) is 63.7 Å². The predicted octanol–water partition coefficient (Wildman–Crippen LogP) is 0.481. The van der Waals surface area contributed by atoms with Crippen molar-refractivity contribution in [1.29, 1.82) is 0 Å². The monoisotopic (exact) mass is 647 g/mol. The molecule has 0 spiro atoms. The molecule has 4 rings (SSSR count). The zero-order valence-electron chi connectivity index (χ0n) is 27.2. The Morgan fingerprint density at radius 1 is 0.956 bits per heavy atom. The summed E-state index contributed by atoms with van der Waals surface area (Å²) >= 11 is 0. The Balaban J connectivity index is 1.07. The molecule has 2 unspecified atom stereocenters. The van der Waals surface area contributed by atoms with Crippen molar-refractivity contribution in [2.24, 2.45) is 29.1 Å². The maximum absolute atomic E-state index is 15.1. The zero-order chi connectivity index (χ0) is 32.2. The molecule has 3 atom stereocenters. The molecule has 262 valence electrons. The van der Waals surface area contributed by atoms with Gasteiger partial charge in [0.15, 0.2) is 0 Å². The maximum Gasteiger partial charge on any atom is 0.223 e. The Bertz CT molecular complexity index is 840. The lowest BCUT2D eigenvalue weighted by molar-refractivity contribution is -0.134. The van der Waals surface area contributed by atoms with Crippen LogP contribution in [0.5, 0.6) is 0 Å². The van der Waals surface area contributed by atoms with Gasteiger partial charge in [-0.3, -0.25) is 20.3 Å². The van der Waals surface area contributed by atoms with Crippen LogP contribution in [-0.4, -0.2) is 148 Å². The van der Waals surface area contributed by atoms with Crippen molar-refractivity contribution < 1.29 is 38.4 Å². The van der Waals surface area contributed by atoms with Crippen LogP contribution in [0.1, 0.15) is 51.4 Å². The largest absolute Gasteiger partial charge is 0.396 e. The predicted molar refractivity (Wildman–Crippen MR) is 167 cm³/mol. The fourth-order valence-electron chi connectivity index (χ4n) is 7.42. The van der Waals surface area contributed by atoms with Crippen LogP contribution in [0.3, 0.4) is 0 Å². The smallest absolute Gasteiger partial charge is 0.223 e. The van der Waals surface area contributed by atoms with Crippen molar-refractivity contribution >= 4 is 5.91 Å². The van der Waals surface area contributed by atoms with Crippen molar-refractivity contribution in [2.45, 2.75) is 76.1 Å². The van der Waals surface area contributed by atoms with Crippen molar-refractivity contribution in [2.75, 3.05) is 92.5 Å². The second-order valence-electron chi connectivity index (χ2n) is 14.1. The molecule has 0 aromatic heterocycles. The van der Waals surface area contributed by atoms with E-state index in [1.807, 2.05) is 0 Å². The molecule has 3 saturated heterocycles. The maximum atomic E-state index is 15.1. The number of ether oxygens (including phenoxy) is 2. The lowest BCUT2D eigenvalue weighted by Crippen LogP contribution is -2.62. The van der Waals surface area contributed by atoms with Gasteiger partial charge in [0.1, 0.15) is 18.6 Å². The molecule has 11 nitrogen and oxygen atoms in total. The van der Waals surface area contributed by atoms with Crippen LogP contribution in [0.2, 0.25) is 0 Å². The molecule has 1 aliphatic carbocycles. The number of methoxy groups -OCH3 is 1. The first-order chi connectivity index (χ1) is 21.8. The molecule has 1 saturated carbocycles. The SMILES string of the molecule is COCC1CNC(N2CCC(CCCOC3CC(F)C(CC(=O)N4CC[C@@H](CNCC(CO)(CO)CO)C4)C(F)C3)CC2)NC1. The standard InChI is InChI=1S/C32H59F2N5O6/c1-44-18-25-15-36-31(37-16-25)38-7-4-23(5-8-38)3-2-10-45-26-11-28(33)27(29(34)12-26)13-30(43)39-9-6-24(17-39)14-35-19-32(20-40,21-41)22-42/h23-29,31,35-37,40-42H,2-22H2,1H3/t24-,25?,26?,27?,28?,29?,31?/m0/s1. The summed E-state index contributed by atoms with van der Waals surface area (Å²) in [5.41, 5.74) is -0.985. The first-order valence-corrected chi connectivity index (χ1v) is 17.2. The van der Waals surface area contributed by atoms with Crippen molar-refractivity contribution in [1.82, 2.24) is 25.8 Å². The van der Waals surface area contributed by atoms with Gasteiger partial charge in [0.05, 0.1) is 37.9 Å². The molecule has 3 aliphatic heterocycles. The number of nitrogens with zero attached hydrogens (tertiary/aromatic N) is 2. The summed E-state index contributed by atoms with van der Waals surface area (Å²) in [6.45, 7) is 6.18. The number of rotatable bonds is 17. The number of likely N-dealkylation sites (tertiary alicyclic amines) is 2. The Kier molecular flexibility index (Phi) is 15.1. The van der Waals surface area contributed by atoms with E-state index < -0.39 is 29.8 Å². The Morgan fingerprint density at radius 2 is 1.60 bits per heavy atom. The van der Waals surface area contributed by atoms with Gasteiger partial charge >= 0.3 is 0 Å². The molecule has 45 heavy (non-hydrogen) atoms. The van der Waals surface area contributed by atoms with Gasteiger partial charge in [-0.05, 0) is 50.5 Å². The second kappa shape index (κ2) is 18.5. The van der Waals surface area contributed by atoms with E-state index in [4.69, 9.17) is 9.47 Å². The van der Waals surface area contributed by atoms with Crippen molar-refractivity contribution in [3.05, 3.63) is 0 Å². The van der Waals surface area contributed by atoms with Crippen LogP contribution in [-0.2, 0) is 14.3 Å². The average Bonchev–Trinajstić information content (AvgIpc) is 3.53. The highest BCUT2D eigenvalue weighted by atomic mass is 19.1. The topological polar surface area (TPSA) is 139 Å². The number of piperidine rings is 1. The second-order valence-corrected chi connectivity index (χ2v) is 14.1. The third-order valence-corrected chi connectivity index (χ3v) is 10.6. The van der Waals surface area contributed by atoms with E-state index in [9.17, 15) is 20.1 Å². The minimum atomic E-state index is -1.40. The normalized spacial score (nSPS) is 32.3. The molecular formula is C32H59F2N5O6. The van der Waals surface area contributed by atoms with Crippen LogP contribution in [0, 0.1) is 29.1 Å². The van der Waals surface area contributed by atoms with Crippen molar-refractivity contribution in [3.8, 4) is 0 Å². The summed E-state index contributed by atoms with van der Waals surface area (Å²) in [7, 11) is 1.74. The highest BCUT2D eigenvalue weighted by Gasteiger charge is 2.41. The first-order valence-electron chi connectivity index (χ1n) is 17.2. The number of alkyl halides is 2. The summed E-state index contributed by atoms with van der Waals surface area (Å²) in [5, 5.41) is 38.8. The van der Waals surface area contributed by atoms with Crippen LogP contribution in [0.4, 0.5) is 8.78 Å². The van der Waals surface area contributed by atoms with Gasteiger partial charge in [-0.15, -0.1) is 0 Å². The lowest BCUT2D eigenvalue weighted by atomic mass is 9.81. The molecule has 0 bridgehead atoms. The average molecular weight is 648 g/mol. The lowest BCUT2D eigenvalue weighted by Gasteiger charge is -2.41. The van der Waals surface area contributed by atoms with Gasteiger partial charge in [0.25, 0.3) is 0 Å². The van der Waals surface area contributed by atoms with Gasteiger partial charge < -0.3 is 35.0 Å². The van der Waals surface area contributed by atoms with Gasteiger partial charge in [-0.1, -0.05) is 0 Å².